The predicted molar refractivity (Wildman–Crippen MR) is 238 cm³/mol. The number of aryl methyl sites for hydroxylation is 1. The average molecular weight is 759 g/mol. The van der Waals surface area contributed by atoms with Crippen molar-refractivity contribution in [2.75, 3.05) is 50.1 Å². The number of hydrogen-bond donors (Lipinski definition) is 3. The number of amides is 2. The Balaban J connectivity index is 0.000000443. The lowest BCUT2D eigenvalue weighted by molar-refractivity contribution is 0.250. The average Bonchev–Trinajstić information content (AvgIpc) is 3.15. The van der Waals surface area contributed by atoms with E-state index in [1.807, 2.05) is 19.1 Å². The van der Waals surface area contributed by atoms with E-state index >= 15 is 0 Å². The maximum Gasteiger partial charge on any atom is 0.319 e. The second-order valence-electron chi connectivity index (χ2n) is 18.0. The van der Waals surface area contributed by atoms with Crippen molar-refractivity contribution in [3.05, 3.63) is 82.4 Å². The molecule has 0 radical (unpaired) electrons. The molecule has 4 N–H and O–H groups in total. The van der Waals surface area contributed by atoms with Gasteiger partial charge in [0.2, 0.25) is 0 Å². The Kier molecular flexibility index (Phi) is 18.1. The van der Waals surface area contributed by atoms with Crippen LogP contribution in [0.1, 0.15) is 150 Å². The highest BCUT2D eigenvalue weighted by Crippen LogP contribution is 2.39. The molecule has 3 aromatic carbocycles. The molecular formula is C48H78N4O3. The van der Waals surface area contributed by atoms with E-state index in [1.54, 1.807) is 0 Å². The summed E-state index contributed by atoms with van der Waals surface area (Å²) < 4.78 is 12.1. The first-order chi connectivity index (χ1) is 25.7. The van der Waals surface area contributed by atoms with E-state index in [2.05, 4.69) is 155 Å². The fourth-order valence-electron chi connectivity index (χ4n) is 5.96. The second kappa shape index (κ2) is 21.0. The Morgan fingerprint density at radius 1 is 0.691 bits per heavy atom. The molecule has 0 saturated carbocycles. The van der Waals surface area contributed by atoms with Gasteiger partial charge in [-0.1, -0.05) is 107 Å². The van der Waals surface area contributed by atoms with Gasteiger partial charge >= 0.3 is 6.03 Å². The van der Waals surface area contributed by atoms with Gasteiger partial charge in [0.15, 0.2) is 0 Å². The van der Waals surface area contributed by atoms with E-state index in [4.69, 9.17) is 15.2 Å². The van der Waals surface area contributed by atoms with Crippen molar-refractivity contribution in [2.45, 2.75) is 151 Å². The molecule has 0 aliphatic heterocycles. The van der Waals surface area contributed by atoms with Crippen LogP contribution >= 0.6 is 0 Å². The van der Waals surface area contributed by atoms with Crippen LogP contribution in [0.5, 0.6) is 11.5 Å². The normalized spacial score (nSPS) is 12.1. The number of nitrogens with zero attached hydrogens (tertiary/aromatic N) is 1. The van der Waals surface area contributed by atoms with Crippen LogP contribution in [-0.4, -0.2) is 45.9 Å². The van der Waals surface area contributed by atoms with Crippen molar-refractivity contribution in [1.82, 2.24) is 5.32 Å². The van der Waals surface area contributed by atoms with Gasteiger partial charge in [-0.2, -0.15) is 0 Å². The zero-order chi connectivity index (χ0) is 41.6. The minimum absolute atomic E-state index is 0.0344. The number of anilines is 2. The molecule has 0 bridgehead atoms. The third-order valence-electron chi connectivity index (χ3n) is 11.6. The fraction of sp³-hybridized carbons (Fsp3) is 0.604. The van der Waals surface area contributed by atoms with Gasteiger partial charge in [0, 0.05) is 37.1 Å². The summed E-state index contributed by atoms with van der Waals surface area (Å²) in [4.78, 5) is 14.6. The minimum atomic E-state index is -0.191. The van der Waals surface area contributed by atoms with Gasteiger partial charge in [-0.05, 0) is 127 Å². The van der Waals surface area contributed by atoms with Crippen molar-refractivity contribution in [3.8, 4) is 11.5 Å². The van der Waals surface area contributed by atoms with Crippen LogP contribution in [0.25, 0.3) is 0 Å². The Hall–Kier alpha value is -3.71. The smallest absolute Gasteiger partial charge is 0.319 e. The highest BCUT2D eigenvalue weighted by atomic mass is 16.5. The number of carbonyl (C=O) groups is 1. The number of nitrogens with two attached hydrogens (primary N) is 1. The quantitative estimate of drug-likeness (QED) is 0.112. The molecule has 0 unspecified atom stereocenters. The standard InChI is InChI=1S/C30H47N3O2.C18H31NO/c1-10-29(5,6)23-14-17-27(25(21-23)30(7,8)11-2)35-19-13-18-31-28(34)32-26-16-15-24(20-22(26)4)33(9)12-3;1-7-18(5,6)14-9-10-16(20-12-8-11-19)15(13-14)17(2,3)4/h14-17,20-21H,10-13,18-19H2,1-9H3,(H2,31,32,34);9-10,13H,7-8,11-12,19H2,1-6H3. The highest BCUT2D eigenvalue weighted by Gasteiger charge is 2.27. The summed E-state index contributed by atoms with van der Waals surface area (Å²) in [5.41, 5.74) is 14.3. The lowest BCUT2D eigenvalue weighted by atomic mass is 9.76. The van der Waals surface area contributed by atoms with Crippen LogP contribution < -0.4 is 30.7 Å². The largest absolute Gasteiger partial charge is 0.493 e. The number of benzene rings is 3. The van der Waals surface area contributed by atoms with Crippen LogP contribution in [0.15, 0.2) is 54.6 Å². The van der Waals surface area contributed by atoms with Crippen LogP contribution in [0.2, 0.25) is 0 Å². The molecule has 0 aliphatic carbocycles. The van der Waals surface area contributed by atoms with Gasteiger partial charge in [-0.3, -0.25) is 0 Å². The topological polar surface area (TPSA) is 88.9 Å². The molecule has 0 heterocycles. The maximum atomic E-state index is 12.4. The lowest BCUT2D eigenvalue weighted by Gasteiger charge is -2.30. The highest BCUT2D eigenvalue weighted by molar-refractivity contribution is 5.90. The third kappa shape index (κ3) is 14.1. The SMILES string of the molecule is CCC(C)(C)c1ccc(OCCCN)c(C(C)(C)C)c1.CCN(C)c1ccc(NC(=O)NCCCOc2ccc(C(C)(C)CC)cc2C(C)(C)CC)c(C)c1. The summed E-state index contributed by atoms with van der Waals surface area (Å²) in [6.45, 7) is 34.7. The molecule has 55 heavy (non-hydrogen) atoms. The molecule has 0 aromatic heterocycles. The van der Waals surface area contributed by atoms with Gasteiger partial charge < -0.3 is 30.7 Å². The molecular weight excluding hydrogens is 681 g/mol. The Morgan fingerprint density at radius 3 is 1.67 bits per heavy atom. The number of ether oxygens (including phenoxy) is 2. The van der Waals surface area contributed by atoms with Gasteiger partial charge in [0.1, 0.15) is 11.5 Å². The molecule has 0 aliphatic rings. The van der Waals surface area contributed by atoms with Crippen molar-refractivity contribution in [1.29, 1.82) is 0 Å². The Bertz CT molecular complexity index is 1640. The molecule has 2 amide bonds. The predicted octanol–water partition coefficient (Wildman–Crippen LogP) is 11.8. The minimum Gasteiger partial charge on any atom is -0.493 e. The van der Waals surface area contributed by atoms with E-state index in [0.29, 0.717) is 26.3 Å². The lowest BCUT2D eigenvalue weighted by Crippen LogP contribution is -2.30. The first kappa shape index (κ1) is 47.4. The molecule has 7 heteroatoms. The van der Waals surface area contributed by atoms with Gasteiger partial charge in [-0.15, -0.1) is 0 Å². The molecule has 3 rings (SSSR count). The third-order valence-corrected chi connectivity index (χ3v) is 11.6. The monoisotopic (exact) mass is 759 g/mol. The maximum absolute atomic E-state index is 12.4. The number of carbonyl (C=O) groups excluding carboxylic acids is 1. The molecule has 0 spiro atoms. The Morgan fingerprint density at radius 2 is 1.20 bits per heavy atom. The first-order valence-electron chi connectivity index (χ1n) is 20.8. The molecule has 308 valence electrons. The summed E-state index contributed by atoms with van der Waals surface area (Å²) >= 11 is 0. The van der Waals surface area contributed by atoms with Gasteiger partial charge in [0.25, 0.3) is 0 Å². The molecule has 3 aromatic rings. The van der Waals surface area contributed by atoms with E-state index < -0.39 is 0 Å². The van der Waals surface area contributed by atoms with Crippen LogP contribution in [-0.2, 0) is 21.7 Å². The van der Waals surface area contributed by atoms with E-state index in [0.717, 1.165) is 67.1 Å². The van der Waals surface area contributed by atoms with Crippen molar-refractivity contribution >= 4 is 17.4 Å². The molecule has 0 atom stereocenters. The number of nitrogens with one attached hydrogen (secondary N) is 2. The summed E-state index contributed by atoms with van der Waals surface area (Å²) in [5.74, 6) is 1.95. The zero-order valence-electron chi connectivity index (χ0n) is 37.5. The summed E-state index contributed by atoms with van der Waals surface area (Å²) in [5, 5.41) is 5.90. The van der Waals surface area contributed by atoms with Crippen LogP contribution in [0.3, 0.4) is 0 Å². The van der Waals surface area contributed by atoms with Crippen LogP contribution in [0, 0.1) is 6.92 Å². The summed E-state index contributed by atoms with van der Waals surface area (Å²) in [7, 11) is 2.06. The fourth-order valence-corrected chi connectivity index (χ4v) is 5.96. The van der Waals surface area contributed by atoms with Crippen molar-refractivity contribution < 1.29 is 14.3 Å². The van der Waals surface area contributed by atoms with Gasteiger partial charge in [-0.25, -0.2) is 4.79 Å². The summed E-state index contributed by atoms with van der Waals surface area (Å²) in [6.07, 6.45) is 4.89. The molecule has 0 fully saturated rings. The van der Waals surface area contributed by atoms with E-state index in [9.17, 15) is 4.79 Å². The Labute approximate surface area is 336 Å². The molecule has 0 saturated heterocycles. The van der Waals surface area contributed by atoms with E-state index in [-0.39, 0.29) is 27.7 Å². The van der Waals surface area contributed by atoms with Crippen LogP contribution in [0.4, 0.5) is 16.2 Å². The number of rotatable bonds is 18. The zero-order valence-corrected chi connectivity index (χ0v) is 37.5. The number of urea groups is 1. The van der Waals surface area contributed by atoms with Gasteiger partial charge in [0.05, 0.1) is 13.2 Å². The van der Waals surface area contributed by atoms with Crippen molar-refractivity contribution in [2.24, 2.45) is 5.73 Å². The second-order valence-corrected chi connectivity index (χ2v) is 18.0. The van der Waals surface area contributed by atoms with Crippen molar-refractivity contribution in [3.63, 3.8) is 0 Å². The molecule has 7 nitrogen and oxygen atoms in total. The van der Waals surface area contributed by atoms with E-state index in [1.165, 1.54) is 22.3 Å². The summed E-state index contributed by atoms with van der Waals surface area (Å²) in [6, 6.07) is 19.2. The first-order valence-corrected chi connectivity index (χ1v) is 20.8. The number of hydrogen-bond acceptors (Lipinski definition) is 5.